The number of carbonyl (C=O) groups excluding carboxylic acids is 1. The van der Waals surface area contributed by atoms with Crippen LogP contribution in [0.15, 0.2) is 65.7 Å². The lowest BCUT2D eigenvalue weighted by Crippen LogP contribution is -2.37. The van der Waals surface area contributed by atoms with Gasteiger partial charge >= 0.3 is 12.4 Å². The predicted octanol–water partition coefficient (Wildman–Crippen LogP) is 6.76. The minimum Gasteiger partial charge on any atom is -0.497 e. The van der Waals surface area contributed by atoms with E-state index in [9.17, 15) is 31.1 Å². The van der Waals surface area contributed by atoms with Gasteiger partial charge in [-0.3, -0.25) is 4.79 Å². The summed E-state index contributed by atoms with van der Waals surface area (Å²) in [5.74, 6) is 0.967. The molecule has 0 spiro atoms. The molecule has 2 aliphatic heterocycles. The first-order valence-corrected chi connectivity index (χ1v) is 12.3. The first-order chi connectivity index (χ1) is 18.9. The number of carbonyl (C=O) groups is 1. The molecule has 0 bridgehead atoms. The maximum atomic E-state index is 13.5. The molecule has 0 saturated carbocycles. The summed E-state index contributed by atoms with van der Waals surface area (Å²) in [6.45, 7) is 1.24. The molecular weight excluding hydrogens is 540 g/mol. The van der Waals surface area contributed by atoms with Crippen LogP contribution in [0, 0.1) is 0 Å². The number of hydrogen-bond donors (Lipinski definition) is 0. The van der Waals surface area contributed by atoms with Crippen molar-refractivity contribution in [2.24, 2.45) is 4.99 Å². The van der Waals surface area contributed by atoms with Crippen LogP contribution in [0.1, 0.15) is 33.5 Å². The molecule has 0 aliphatic carbocycles. The Bertz CT molecular complexity index is 1450. The summed E-state index contributed by atoms with van der Waals surface area (Å²) in [7, 11) is 1.48. The highest BCUT2D eigenvalue weighted by atomic mass is 19.4. The number of rotatable bonds is 2. The quantitative estimate of drug-likeness (QED) is 0.323. The number of ether oxygens (including phenoxy) is 2. The molecule has 1 fully saturated rings. The lowest BCUT2D eigenvalue weighted by molar-refractivity contribution is -0.138. The molecule has 2 aliphatic rings. The fourth-order valence-electron chi connectivity index (χ4n) is 4.62. The number of aliphatic imine (C=N–C) groups is 1. The van der Waals surface area contributed by atoms with E-state index in [4.69, 9.17) is 9.47 Å². The van der Waals surface area contributed by atoms with Gasteiger partial charge in [-0.1, -0.05) is 0 Å². The van der Waals surface area contributed by atoms with Crippen molar-refractivity contribution in [1.29, 1.82) is 0 Å². The van der Waals surface area contributed by atoms with Gasteiger partial charge in [-0.05, 0) is 67.1 Å². The SMILES string of the molecule is COc1ccc2c(c1)C(N1CCCN(C(=O)c3ccc(C(F)(F)F)cc3)CC1)=Nc1cc(C(F)(F)F)ccc1O2. The Morgan fingerprint density at radius 3 is 2.17 bits per heavy atom. The predicted molar refractivity (Wildman–Crippen MR) is 134 cm³/mol. The van der Waals surface area contributed by atoms with Gasteiger partial charge in [-0.25, -0.2) is 4.99 Å². The smallest absolute Gasteiger partial charge is 0.416 e. The van der Waals surface area contributed by atoms with Crippen molar-refractivity contribution in [3.05, 3.63) is 82.9 Å². The average molecular weight is 563 g/mol. The number of alkyl halides is 6. The van der Waals surface area contributed by atoms with E-state index < -0.39 is 29.4 Å². The minimum atomic E-state index is -4.57. The van der Waals surface area contributed by atoms with Crippen molar-refractivity contribution >= 4 is 17.4 Å². The molecule has 0 aromatic heterocycles. The second-order valence-corrected chi connectivity index (χ2v) is 9.29. The molecule has 2 heterocycles. The van der Waals surface area contributed by atoms with Crippen LogP contribution in [0.5, 0.6) is 17.2 Å². The van der Waals surface area contributed by atoms with Crippen LogP contribution in [-0.4, -0.2) is 54.8 Å². The number of amidine groups is 1. The zero-order chi connectivity index (χ0) is 28.7. The maximum Gasteiger partial charge on any atom is 0.416 e. The second-order valence-electron chi connectivity index (χ2n) is 9.29. The lowest BCUT2D eigenvalue weighted by Gasteiger charge is -2.25. The van der Waals surface area contributed by atoms with E-state index in [1.165, 1.54) is 13.2 Å². The first kappa shape index (κ1) is 27.4. The van der Waals surface area contributed by atoms with Crippen LogP contribution in [0.25, 0.3) is 0 Å². The molecule has 40 heavy (non-hydrogen) atoms. The molecular formula is C28H23F6N3O3. The highest BCUT2D eigenvalue weighted by molar-refractivity contribution is 6.04. The third kappa shape index (κ3) is 5.56. The summed E-state index contributed by atoms with van der Waals surface area (Å²) >= 11 is 0. The van der Waals surface area contributed by atoms with Crippen LogP contribution in [-0.2, 0) is 12.4 Å². The van der Waals surface area contributed by atoms with Crippen LogP contribution < -0.4 is 9.47 Å². The Balaban J connectivity index is 1.45. The highest BCUT2D eigenvalue weighted by Crippen LogP contribution is 2.42. The highest BCUT2D eigenvalue weighted by Gasteiger charge is 2.33. The van der Waals surface area contributed by atoms with E-state index in [2.05, 4.69) is 4.99 Å². The Morgan fingerprint density at radius 1 is 0.825 bits per heavy atom. The molecule has 0 atom stereocenters. The fourth-order valence-corrected chi connectivity index (χ4v) is 4.62. The zero-order valence-corrected chi connectivity index (χ0v) is 21.1. The summed E-state index contributed by atoms with van der Waals surface area (Å²) in [5.41, 5.74) is -1.08. The van der Waals surface area contributed by atoms with Crippen molar-refractivity contribution in [3.63, 3.8) is 0 Å². The van der Waals surface area contributed by atoms with E-state index in [-0.39, 0.29) is 30.1 Å². The number of fused-ring (bicyclic) bond motifs is 2. The van der Waals surface area contributed by atoms with Gasteiger partial charge < -0.3 is 19.3 Å². The van der Waals surface area contributed by atoms with Gasteiger partial charge in [0.1, 0.15) is 23.0 Å². The third-order valence-electron chi connectivity index (χ3n) is 6.70. The number of halogens is 6. The number of nitrogens with zero attached hydrogens (tertiary/aromatic N) is 3. The van der Waals surface area contributed by atoms with E-state index in [0.29, 0.717) is 42.4 Å². The number of benzene rings is 3. The summed E-state index contributed by atoms with van der Waals surface area (Å²) in [6.07, 6.45) is -8.60. The van der Waals surface area contributed by atoms with E-state index in [1.807, 2.05) is 4.90 Å². The molecule has 0 N–H and O–H groups in total. The van der Waals surface area contributed by atoms with E-state index in [1.54, 1.807) is 23.1 Å². The van der Waals surface area contributed by atoms with Gasteiger partial charge in [0.25, 0.3) is 5.91 Å². The minimum absolute atomic E-state index is 0.00178. The molecule has 5 rings (SSSR count). The van der Waals surface area contributed by atoms with Crippen LogP contribution in [0.4, 0.5) is 32.0 Å². The molecule has 3 aromatic carbocycles. The Hall–Kier alpha value is -4.22. The fraction of sp³-hybridized carbons (Fsp3) is 0.286. The van der Waals surface area contributed by atoms with Gasteiger partial charge in [0.15, 0.2) is 5.75 Å². The van der Waals surface area contributed by atoms with E-state index in [0.717, 1.165) is 36.4 Å². The Morgan fingerprint density at radius 2 is 1.50 bits per heavy atom. The molecule has 0 unspecified atom stereocenters. The number of methoxy groups -OCH3 is 1. The van der Waals surface area contributed by atoms with Crippen molar-refractivity contribution in [2.45, 2.75) is 18.8 Å². The first-order valence-electron chi connectivity index (χ1n) is 12.3. The van der Waals surface area contributed by atoms with E-state index >= 15 is 0 Å². The van der Waals surface area contributed by atoms with Crippen LogP contribution in [0.2, 0.25) is 0 Å². The maximum absolute atomic E-state index is 13.5. The summed E-state index contributed by atoms with van der Waals surface area (Å²) in [6, 6.07) is 12.1. The normalized spacial score (nSPS) is 15.7. The number of amides is 1. The van der Waals surface area contributed by atoms with Crippen LogP contribution in [0.3, 0.4) is 0 Å². The summed E-state index contributed by atoms with van der Waals surface area (Å²) in [5, 5.41) is 0. The van der Waals surface area contributed by atoms with Crippen molar-refractivity contribution in [2.75, 3.05) is 33.3 Å². The lowest BCUT2D eigenvalue weighted by atomic mass is 10.1. The van der Waals surface area contributed by atoms with Crippen molar-refractivity contribution in [3.8, 4) is 17.2 Å². The Kier molecular flexibility index (Phi) is 7.11. The third-order valence-corrected chi connectivity index (χ3v) is 6.70. The summed E-state index contributed by atoms with van der Waals surface area (Å²) < 4.78 is 90.4. The average Bonchev–Trinajstić information content (AvgIpc) is 3.26. The van der Waals surface area contributed by atoms with Crippen molar-refractivity contribution < 1.29 is 40.6 Å². The van der Waals surface area contributed by atoms with Crippen molar-refractivity contribution in [1.82, 2.24) is 9.80 Å². The van der Waals surface area contributed by atoms with Gasteiger partial charge in [0.05, 0.1) is 23.8 Å². The molecule has 6 nitrogen and oxygen atoms in total. The summed E-state index contributed by atoms with van der Waals surface area (Å²) in [4.78, 5) is 21.1. The molecule has 1 saturated heterocycles. The largest absolute Gasteiger partial charge is 0.497 e. The van der Waals surface area contributed by atoms with Gasteiger partial charge in [-0.2, -0.15) is 26.3 Å². The number of hydrogen-bond acceptors (Lipinski definition) is 5. The second kappa shape index (κ2) is 10.4. The molecule has 0 radical (unpaired) electrons. The topological polar surface area (TPSA) is 54.4 Å². The molecule has 12 heteroatoms. The van der Waals surface area contributed by atoms with Gasteiger partial charge in [-0.15, -0.1) is 0 Å². The van der Waals surface area contributed by atoms with Crippen LogP contribution >= 0.6 is 0 Å². The van der Waals surface area contributed by atoms with Gasteiger partial charge in [0, 0.05) is 31.7 Å². The van der Waals surface area contributed by atoms with Gasteiger partial charge in [0.2, 0.25) is 0 Å². The Labute approximate surface area is 225 Å². The monoisotopic (exact) mass is 563 g/mol. The molecule has 3 aromatic rings. The zero-order valence-electron chi connectivity index (χ0n) is 21.1. The standard InChI is InChI=1S/C28H23F6N3O3/c1-39-20-8-10-23-21(16-20)25(35-22-15-19(28(32,33)34)7-9-24(22)40-23)36-11-2-12-37(14-13-36)26(38)17-3-5-18(6-4-17)27(29,30)31/h3-10,15-16H,2,11-14H2,1H3. The molecule has 210 valence electrons. The molecule has 1 amide bonds.